The zero-order valence-electron chi connectivity index (χ0n) is 12.4. The second-order valence-electron chi connectivity index (χ2n) is 4.83. The van der Waals surface area contributed by atoms with Crippen molar-refractivity contribution in [2.24, 2.45) is 0 Å². The quantitative estimate of drug-likeness (QED) is 0.725. The zero-order valence-corrected chi connectivity index (χ0v) is 13.9. The first-order valence-corrected chi connectivity index (χ1v) is 7.56. The number of rotatable bonds is 4. The van der Waals surface area contributed by atoms with Crippen molar-refractivity contribution in [1.29, 1.82) is 0 Å². The van der Waals surface area contributed by atoms with Crippen LogP contribution in [0.25, 0.3) is 0 Å². The minimum atomic E-state index is -0.421. The number of nitrogens with zero attached hydrogens (tertiary/aromatic N) is 3. The van der Waals surface area contributed by atoms with Gasteiger partial charge in [0, 0.05) is 28.0 Å². The molecule has 0 aliphatic rings. The van der Waals surface area contributed by atoms with Crippen LogP contribution < -0.4 is 10.6 Å². The van der Waals surface area contributed by atoms with E-state index in [0.29, 0.717) is 27.3 Å². The van der Waals surface area contributed by atoms with Crippen molar-refractivity contribution in [3.63, 3.8) is 0 Å². The van der Waals surface area contributed by atoms with Crippen LogP contribution in [-0.4, -0.2) is 21.0 Å². The number of halogens is 2. The normalized spacial score (nSPS) is 10.5. The molecule has 7 nitrogen and oxygen atoms in total. The van der Waals surface area contributed by atoms with E-state index < -0.39 is 5.91 Å². The molecule has 2 aromatic heterocycles. The molecule has 0 fully saturated rings. The van der Waals surface area contributed by atoms with Gasteiger partial charge in [0.25, 0.3) is 5.91 Å². The van der Waals surface area contributed by atoms with Crippen LogP contribution >= 0.6 is 23.2 Å². The number of amides is 1. The number of aromatic nitrogens is 3. The lowest BCUT2D eigenvalue weighted by Crippen LogP contribution is -2.14. The van der Waals surface area contributed by atoms with Crippen LogP contribution in [0.5, 0.6) is 0 Å². The summed E-state index contributed by atoms with van der Waals surface area (Å²) < 4.78 is 4.94. The second-order valence-corrected chi connectivity index (χ2v) is 5.70. The number of anilines is 3. The van der Waals surface area contributed by atoms with E-state index in [1.165, 1.54) is 12.3 Å². The predicted molar refractivity (Wildman–Crippen MR) is 91.0 cm³/mol. The molecule has 1 amide bonds. The third-order valence-electron chi connectivity index (χ3n) is 2.88. The van der Waals surface area contributed by atoms with Gasteiger partial charge in [-0.25, -0.2) is 9.97 Å². The van der Waals surface area contributed by atoms with Crippen molar-refractivity contribution in [3.8, 4) is 0 Å². The smallest absolute Gasteiger partial charge is 0.274 e. The van der Waals surface area contributed by atoms with Crippen molar-refractivity contribution < 1.29 is 9.32 Å². The predicted octanol–water partition coefficient (Wildman–Crippen LogP) is 4.08. The molecule has 0 aliphatic carbocycles. The summed E-state index contributed by atoms with van der Waals surface area (Å²) in [7, 11) is 0. The van der Waals surface area contributed by atoms with Gasteiger partial charge in [-0.2, -0.15) is 0 Å². The molecule has 1 aromatic carbocycles. The van der Waals surface area contributed by atoms with Crippen LogP contribution in [-0.2, 0) is 0 Å². The fourth-order valence-electron chi connectivity index (χ4n) is 1.91. The molecule has 2 heterocycles. The van der Waals surface area contributed by atoms with Crippen molar-refractivity contribution in [3.05, 3.63) is 58.0 Å². The summed E-state index contributed by atoms with van der Waals surface area (Å²) in [5.41, 5.74) is 0.640. The van der Waals surface area contributed by atoms with E-state index in [9.17, 15) is 4.79 Å². The first-order valence-electron chi connectivity index (χ1n) is 6.80. The number of hydrogen-bond acceptors (Lipinski definition) is 6. The lowest BCUT2D eigenvalue weighted by atomic mass is 10.3. The van der Waals surface area contributed by atoms with E-state index in [-0.39, 0.29) is 11.6 Å². The molecule has 0 bridgehead atoms. The highest BCUT2D eigenvalue weighted by Gasteiger charge is 2.11. The Morgan fingerprint density at radius 3 is 2.58 bits per heavy atom. The van der Waals surface area contributed by atoms with E-state index in [1.54, 1.807) is 31.2 Å². The summed E-state index contributed by atoms with van der Waals surface area (Å²) >= 11 is 11.8. The average Bonchev–Trinajstić information content (AvgIpc) is 2.91. The molecule has 2 N–H and O–H groups in total. The van der Waals surface area contributed by atoms with Gasteiger partial charge < -0.3 is 15.2 Å². The minimum Gasteiger partial charge on any atom is -0.360 e. The Hall–Kier alpha value is -2.64. The Labute approximate surface area is 147 Å². The monoisotopic (exact) mass is 363 g/mol. The van der Waals surface area contributed by atoms with E-state index >= 15 is 0 Å². The largest absolute Gasteiger partial charge is 0.360 e. The van der Waals surface area contributed by atoms with E-state index in [2.05, 4.69) is 25.8 Å². The highest BCUT2D eigenvalue weighted by molar-refractivity contribution is 6.35. The molecule has 0 unspecified atom stereocenters. The SMILES string of the molecule is Cc1cc(Nc2nccc(C(=O)Nc3cc(Cl)cc(Cl)c3)n2)no1. The highest BCUT2D eigenvalue weighted by atomic mass is 35.5. The van der Waals surface area contributed by atoms with Crippen LogP contribution in [0.1, 0.15) is 16.2 Å². The maximum atomic E-state index is 12.3. The first kappa shape index (κ1) is 16.2. The zero-order chi connectivity index (χ0) is 17.1. The lowest BCUT2D eigenvalue weighted by Gasteiger charge is -2.07. The van der Waals surface area contributed by atoms with Gasteiger partial charge in [0.2, 0.25) is 5.95 Å². The van der Waals surface area contributed by atoms with Crippen molar-refractivity contribution >= 4 is 46.6 Å². The molecule has 122 valence electrons. The van der Waals surface area contributed by atoms with Crippen molar-refractivity contribution in [2.75, 3.05) is 10.6 Å². The number of aryl methyl sites for hydroxylation is 1. The summed E-state index contributed by atoms with van der Waals surface area (Å²) in [5, 5.41) is 10.1. The summed E-state index contributed by atoms with van der Waals surface area (Å²) in [4.78, 5) is 20.5. The Morgan fingerprint density at radius 2 is 1.92 bits per heavy atom. The van der Waals surface area contributed by atoms with E-state index in [1.807, 2.05) is 0 Å². The Kier molecular flexibility index (Phi) is 4.64. The van der Waals surface area contributed by atoms with Crippen LogP contribution in [0.2, 0.25) is 10.0 Å². The fourth-order valence-corrected chi connectivity index (χ4v) is 2.43. The maximum Gasteiger partial charge on any atom is 0.274 e. The minimum absolute atomic E-state index is 0.170. The van der Waals surface area contributed by atoms with Crippen molar-refractivity contribution in [1.82, 2.24) is 15.1 Å². The third kappa shape index (κ3) is 4.01. The van der Waals surface area contributed by atoms with Gasteiger partial charge in [-0.1, -0.05) is 28.4 Å². The topological polar surface area (TPSA) is 92.9 Å². The molecule has 24 heavy (non-hydrogen) atoms. The molecule has 0 saturated carbocycles. The second kappa shape index (κ2) is 6.86. The standard InChI is InChI=1S/C15H11Cl2N5O2/c1-8-4-13(22-24-8)21-15-18-3-2-12(20-15)14(23)19-11-6-9(16)5-10(17)7-11/h2-7H,1H3,(H,19,23)(H,18,20,21,22). The van der Waals surface area contributed by atoms with Gasteiger partial charge in [-0.15, -0.1) is 0 Å². The summed E-state index contributed by atoms with van der Waals surface area (Å²) in [6.07, 6.45) is 1.46. The molecular weight excluding hydrogens is 353 g/mol. The summed E-state index contributed by atoms with van der Waals surface area (Å²) in [5.74, 6) is 0.895. The van der Waals surface area contributed by atoms with Crippen LogP contribution in [0.3, 0.4) is 0 Å². The number of carbonyl (C=O) groups is 1. The maximum absolute atomic E-state index is 12.3. The van der Waals surface area contributed by atoms with Crippen LogP contribution in [0, 0.1) is 6.92 Å². The molecule has 0 atom stereocenters. The molecule has 3 rings (SSSR count). The number of benzene rings is 1. The van der Waals surface area contributed by atoms with E-state index in [0.717, 1.165) is 0 Å². The molecule has 0 radical (unpaired) electrons. The molecule has 9 heteroatoms. The molecule has 0 saturated heterocycles. The molecule has 0 aliphatic heterocycles. The lowest BCUT2D eigenvalue weighted by molar-refractivity contribution is 0.102. The van der Waals surface area contributed by atoms with E-state index in [4.69, 9.17) is 27.7 Å². The summed E-state index contributed by atoms with van der Waals surface area (Å²) in [6, 6.07) is 7.92. The fraction of sp³-hybridized carbons (Fsp3) is 0.0667. The number of carbonyl (C=O) groups excluding carboxylic acids is 1. The van der Waals surface area contributed by atoms with Gasteiger partial charge in [-0.3, -0.25) is 4.79 Å². The van der Waals surface area contributed by atoms with Gasteiger partial charge in [0.15, 0.2) is 5.82 Å². The Bertz CT molecular complexity index is 877. The van der Waals surface area contributed by atoms with Gasteiger partial charge in [0.1, 0.15) is 11.5 Å². The average molecular weight is 364 g/mol. The highest BCUT2D eigenvalue weighted by Crippen LogP contribution is 2.23. The molecule has 3 aromatic rings. The molecule has 0 spiro atoms. The number of nitrogens with one attached hydrogen (secondary N) is 2. The van der Waals surface area contributed by atoms with Crippen LogP contribution in [0.4, 0.5) is 17.5 Å². The third-order valence-corrected chi connectivity index (χ3v) is 3.31. The van der Waals surface area contributed by atoms with Crippen LogP contribution in [0.15, 0.2) is 41.1 Å². The van der Waals surface area contributed by atoms with Gasteiger partial charge in [-0.05, 0) is 31.2 Å². The van der Waals surface area contributed by atoms with Crippen molar-refractivity contribution in [2.45, 2.75) is 6.92 Å². The Morgan fingerprint density at radius 1 is 1.17 bits per heavy atom. The number of hydrogen-bond donors (Lipinski definition) is 2. The summed E-state index contributed by atoms with van der Waals surface area (Å²) in [6.45, 7) is 1.76. The van der Waals surface area contributed by atoms with Gasteiger partial charge in [0.05, 0.1) is 0 Å². The molecular formula is C15H11Cl2N5O2. The Balaban J connectivity index is 1.76. The first-order chi connectivity index (χ1) is 11.5. The van der Waals surface area contributed by atoms with Gasteiger partial charge >= 0.3 is 0 Å².